The van der Waals surface area contributed by atoms with E-state index in [2.05, 4.69) is 56.4 Å². The molecule has 0 amide bonds. The van der Waals surface area contributed by atoms with Crippen LogP contribution in [0.15, 0.2) is 54.6 Å². The Labute approximate surface area is 255 Å². The lowest BCUT2D eigenvalue weighted by Crippen LogP contribution is -2.53. The van der Waals surface area contributed by atoms with Crippen molar-refractivity contribution in [2.24, 2.45) is 11.8 Å². The molecule has 2 unspecified atom stereocenters. The number of benzene rings is 2. The number of aromatic nitrogens is 1. The predicted molar refractivity (Wildman–Crippen MR) is 169 cm³/mol. The smallest absolute Gasteiger partial charge is 0.329 e. The Hall–Kier alpha value is -3.05. The zero-order valence-electron chi connectivity index (χ0n) is 25.1. The Morgan fingerprint density at radius 1 is 1.14 bits per heavy atom. The van der Waals surface area contributed by atoms with Gasteiger partial charge < -0.3 is 15.2 Å². The summed E-state index contributed by atoms with van der Waals surface area (Å²) in [6.07, 6.45) is 8.36. The molecule has 0 aliphatic heterocycles. The van der Waals surface area contributed by atoms with Crippen molar-refractivity contribution < 1.29 is 14.6 Å². The minimum atomic E-state index is -0.998. The Morgan fingerprint density at radius 3 is 2.69 bits per heavy atom. The van der Waals surface area contributed by atoms with E-state index >= 15 is 0 Å². The molecule has 1 heterocycles. The van der Waals surface area contributed by atoms with E-state index < -0.39 is 11.5 Å². The minimum Gasteiger partial charge on any atom is -0.493 e. The number of ether oxygens (including phenoxy) is 1. The van der Waals surface area contributed by atoms with E-state index in [4.69, 9.17) is 21.3 Å². The molecule has 1 aromatic heterocycles. The average Bonchev–Trinajstić information content (AvgIpc) is 3.25. The molecule has 3 atom stereocenters. The molecule has 0 radical (unpaired) electrons. The third-order valence-electron chi connectivity index (χ3n) is 10.4. The molecule has 3 aliphatic rings. The third-order valence-corrected chi connectivity index (χ3v) is 10.6. The first kappa shape index (κ1) is 29.0. The summed E-state index contributed by atoms with van der Waals surface area (Å²) in [7, 11) is 0. The molecule has 2 aromatic carbocycles. The standard InChI is InChI=1S/C36H43ClN2O3/c1-23(22-42-32-19-25(3)38-31-13-6-8-24(2)33(31)32)18-27-20-26-9-4-5-12-30(26)35(27)14-16-36(17-15-35,34(40)41)39-29-11-7-10-28(37)21-29/h4-5,7,9-12,19,21,23-24,27,39H,6,8,13-18,20,22H2,1-3H3,(H,40,41)/t23-,24?,27?,35?,36?/m1/s1. The molecule has 0 bridgehead atoms. The number of carboxylic acids is 1. The maximum Gasteiger partial charge on any atom is 0.329 e. The van der Waals surface area contributed by atoms with Gasteiger partial charge in [-0.25, -0.2) is 4.79 Å². The van der Waals surface area contributed by atoms with Crippen LogP contribution in [0, 0.1) is 18.8 Å². The number of aryl methyl sites for hydroxylation is 2. The van der Waals surface area contributed by atoms with Crippen molar-refractivity contribution in [1.29, 1.82) is 0 Å². The normalized spacial score (nSPS) is 27.2. The van der Waals surface area contributed by atoms with Gasteiger partial charge in [0.05, 0.1) is 6.61 Å². The van der Waals surface area contributed by atoms with E-state index in [1.807, 2.05) is 24.3 Å². The highest BCUT2D eigenvalue weighted by molar-refractivity contribution is 6.30. The van der Waals surface area contributed by atoms with Crippen molar-refractivity contribution in [2.45, 2.75) is 95.4 Å². The molecule has 2 N–H and O–H groups in total. The number of carbonyl (C=O) groups is 1. The Bertz CT molecular complexity index is 1460. The van der Waals surface area contributed by atoms with E-state index in [-0.39, 0.29) is 5.41 Å². The highest BCUT2D eigenvalue weighted by Gasteiger charge is 2.54. The monoisotopic (exact) mass is 586 g/mol. The predicted octanol–water partition coefficient (Wildman–Crippen LogP) is 8.51. The Kier molecular flexibility index (Phi) is 7.99. The van der Waals surface area contributed by atoms with E-state index in [1.165, 1.54) is 35.2 Å². The molecule has 42 heavy (non-hydrogen) atoms. The number of carboxylic acid groups (broad SMARTS) is 1. The SMILES string of the molecule is Cc1cc(OC[C@H](C)CC2Cc3ccccc3C23CCC(Nc2cccc(Cl)c2)(C(=O)O)CC3)c2c(n1)CCCC2C. The fourth-order valence-corrected chi connectivity index (χ4v) is 8.46. The van der Waals surface area contributed by atoms with E-state index in [0.717, 1.165) is 49.2 Å². The van der Waals surface area contributed by atoms with Crippen LogP contribution >= 0.6 is 11.6 Å². The van der Waals surface area contributed by atoms with Gasteiger partial charge in [0.25, 0.3) is 0 Å². The van der Waals surface area contributed by atoms with Gasteiger partial charge in [-0.3, -0.25) is 4.98 Å². The van der Waals surface area contributed by atoms with Crippen molar-refractivity contribution in [3.63, 3.8) is 0 Å². The van der Waals surface area contributed by atoms with Gasteiger partial charge >= 0.3 is 5.97 Å². The third kappa shape index (κ3) is 5.41. The number of hydrogen-bond donors (Lipinski definition) is 2. The highest BCUT2D eigenvalue weighted by atomic mass is 35.5. The summed E-state index contributed by atoms with van der Waals surface area (Å²) in [5, 5.41) is 14.4. The molecule has 222 valence electrons. The van der Waals surface area contributed by atoms with Gasteiger partial charge in [0.15, 0.2) is 0 Å². The molecule has 5 nitrogen and oxygen atoms in total. The van der Waals surface area contributed by atoms with Crippen molar-refractivity contribution in [3.8, 4) is 5.75 Å². The van der Waals surface area contributed by atoms with Gasteiger partial charge in [-0.2, -0.15) is 0 Å². The van der Waals surface area contributed by atoms with Crippen LogP contribution in [0.3, 0.4) is 0 Å². The topological polar surface area (TPSA) is 71.5 Å². The van der Waals surface area contributed by atoms with Crippen LogP contribution in [-0.2, 0) is 23.1 Å². The summed E-state index contributed by atoms with van der Waals surface area (Å²) < 4.78 is 6.58. The molecule has 6 heteroatoms. The number of nitrogens with one attached hydrogen (secondary N) is 1. The number of pyridine rings is 1. The van der Waals surface area contributed by atoms with Gasteiger partial charge in [0.2, 0.25) is 0 Å². The summed E-state index contributed by atoms with van der Waals surface area (Å²) in [6, 6.07) is 18.4. The van der Waals surface area contributed by atoms with Crippen LogP contribution in [0.5, 0.6) is 5.75 Å². The number of rotatable bonds is 8. The fourth-order valence-electron chi connectivity index (χ4n) is 8.27. The second kappa shape index (κ2) is 11.6. The van der Waals surface area contributed by atoms with Gasteiger partial charge in [-0.15, -0.1) is 0 Å². The van der Waals surface area contributed by atoms with Crippen molar-refractivity contribution in [1.82, 2.24) is 4.98 Å². The van der Waals surface area contributed by atoms with E-state index in [0.29, 0.717) is 42.2 Å². The van der Waals surface area contributed by atoms with E-state index in [1.54, 1.807) is 0 Å². The molecular weight excluding hydrogens is 544 g/mol. The largest absolute Gasteiger partial charge is 0.493 e. The summed E-state index contributed by atoms with van der Waals surface area (Å²) in [6.45, 7) is 7.36. The maximum absolute atomic E-state index is 12.7. The van der Waals surface area contributed by atoms with Crippen molar-refractivity contribution >= 4 is 23.3 Å². The van der Waals surface area contributed by atoms with Crippen LogP contribution in [0.4, 0.5) is 5.69 Å². The van der Waals surface area contributed by atoms with Crippen LogP contribution in [0.2, 0.25) is 5.02 Å². The van der Waals surface area contributed by atoms with E-state index in [9.17, 15) is 9.90 Å². The summed E-state index contributed by atoms with van der Waals surface area (Å²) in [4.78, 5) is 17.6. The first-order valence-electron chi connectivity index (χ1n) is 15.7. The Balaban J connectivity index is 1.20. The number of aliphatic carboxylic acids is 1. The van der Waals surface area contributed by atoms with Crippen LogP contribution in [-0.4, -0.2) is 28.2 Å². The molecule has 1 saturated carbocycles. The summed E-state index contributed by atoms with van der Waals surface area (Å²) in [5.74, 6) is 1.56. The van der Waals surface area contributed by atoms with Gasteiger partial charge in [0, 0.05) is 33.7 Å². The molecule has 3 aromatic rings. The van der Waals surface area contributed by atoms with Crippen LogP contribution in [0.25, 0.3) is 0 Å². The lowest BCUT2D eigenvalue weighted by atomic mass is 9.59. The van der Waals surface area contributed by atoms with Gasteiger partial charge in [-0.05, 0) is 117 Å². The number of nitrogens with zero attached hydrogens (tertiary/aromatic N) is 1. The highest BCUT2D eigenvalue weighted by Crippen LogP contribution is 2.56. The lowest BCUT2D eigenvalue weighted by Gasteiger charge is -2.47. The van der Waals surface area contributed by atoms with Gasteiger partial charge in [0.1, 0.15) is 11.3 Å². The molecule has 1 fully saturated rings. The maximum atomic E-state index is 12.7. The number of hydrogen-bond acceptors (Lipinski definition) is 4. The van der Waals surface area contributed by atoms with Crippen molar-refractivity contribution in [3.05, 3.63) is 87.7 Å². The second-order valence-electron chi connectivity index (χ2n) is 13.3. The zero-order chi connectivity index (χ0) is 29.5. The van der Waals surface area contributed by atoms with Crippen LogP contribution in [0.1, 0.15) is 92.8 Å². The average molecular weight is 587 g/mol. The second-order valence-corrected chi connectivity index (χ2v) is 13.7. The molecular formula is C36H43ClN2O3. The van der Waals surface area contributed by atoms with Crippen molar-refractivity contribution in [2.75, 3.05) is 11.9 Å². The number of fused-ring (bicyclic) bond motifs is 3. The zero-order valence-corrected chi connectivity index (χ0v) is 25.8. The lowest BCUT2D eigenvalue weighted by molar-refractivity contribution is -0.144. The minimum absolute atomic E-state index is 0.0131. The number of anilines is 1. The number of halogens is 1. The van der Waals surface area contributed by atoms with Gasteiger partial charge in [-0.1, -0.05) is 55.8 Å². The quantitative estimate of drug-likeness (QED) is 0.277. The fraction of sp³-hybridized carbons (Fsp3) is 0.500. The molecule has 1 spiro atoms. The molecule has 3 aliphatic carbocycles. The molecule has 0 saturated heterocycles. The first-order chi connectivity index (χ1) is 20.2. The van der Waals surface area contributed by atoms with Crippen LogP contribution < -0.4 is 10.1 Å². The molecule has 6 rings (SSSR count). The first-order valence-corrected chi connectivity index (χ1v) is 16.1. The summed E-state index contributed by atoms with van der Waals surface area (Å²) >= 11 is 6.22. The summed E-state index contributed by atoms with van der Waals surface area (Å²) in [5.41, 5.74) is 6.17. The Morgan fingerprint density at radius 2 is 1.93 bits per heavy atom.